The van der Waals surface area contributed by atoms with Crippen LogP contribution >= 0.6 is 11.6 Å². The zero-order valence-electron chi connectivity index (χ0n) is 8.50. The zero-order chi connectivity index (χ0) is 10.7. The smallest absolute Gasteiger partial charge is 0.134 e. The largest absolute Gasteiger partial charge is 0.506 e. The average molecular weight is 214 g/mol. The van der Waals surface area contributed by atoms with Crippen molar-refractivity contribution >= 4 is 11.6 Å². The first-order chi connectivity index (χ1) is 6.56. The molecule has 0 spiro atoms. The molecule has 1 aromatic carbocycles. The lowest BCUT2D eigenvalue weighted by molar-refractivity contribution is 0.453. The Morgan fingerprint density at radius 1 is 1.50 bits per heavy atom. The van der Waals surface area contributed by atoms with Crippen molar-refractivity contribution in [2.45, 2.75) is 26.3 Å². The van der Waals surface area contributed by atoms with Crippen LogP contribution in [0.5, 0.6) is 5.75 Å². The van der Waals surface area contributed by atoms with Crippen molar-refractivity contribution in [1.29, 1.82) is 0 Å². The number of aromatic hydroxyl groups is 1. The molecule has 1 unspecified atom stereocenters. The van der Waals surface area contributed by atoms with E-state index >= 15 is 0 Å². The Bertz CT molecular complexity index is 314. The molecule has 1 aromatic rings. The summed E-state index contributed by atoms with van der Waals surface area (Å²) in [6.07, 6.45) is 1.03. The fourth-order valence-corrected chi connectivity index (χ4v) is 1.50. The van der Waals surface area contributed by atoms with Crippen LogP contribution in [0.15, 0.2) is 18.2 Å². The summed E-state index contributed by atoms with van der Waals surface area (Å²) in [5.74, 6) is 0.516. The molecule has 2 nitrogen and oxygen atoms in total. The van der Waals surface area contributed by atoms with Crippen molar-refractivity contribution in [2.24, 2.45) is 11.7 Å². The Morgan fingerprint density at radius 2 is 2.14 bits per heavy atom. The lowest BCUT2D eigenvalue weighted by atomic mass is 9.93. The Hall–Kier alpha value is -0.730. The first kappa shape index (κ1) is 11.3. The van der Waals surface area contributed by atoms with Gasteiger partial charge in [0.05, 0.1) is 5.02 Å². The molecule has 1 rings (SSSR count). The van der Waals surface area contributed by atoms with Crippen molar-refractivity contribution in [3.8, 4) is 5.75 Å². The molecule has 3 heteroatoms. The van der Waals surface area contributed by atoms with Gasteiger partial charge < -0.3 is 10.8 Å². The molecule has 2 atom stereocenters. The quantitative estimate of drug-likeness (QED) is 0.811. The number of benzene rings is 1. The van der Waals surface area contributed by atoms with Gasteiger partial charge in [-0.05, 0) is 23.6 Å². The summed E-state index contributed by atoms with van der Waals surface area (Å²) in [5, 5.41) is 9.61. The van der Waals surface area contributed by atoms with Gasteiger partial charge in [0.1, 0.15) is 5.75 Å². The number of phenolic OH excluding ortho intramolecular Hbond substituents is 1. The van der Waals surface area contributed by atoms with Crippen LogP contribution in [0.25, 0.3) is 0 Å². The van der Waals surface area contributed by atoms with E-state index < -0.39 is 0 Å². The molecule has 0 fully saturated rings. The van der Waals surface area contributed by atoms with Crippen LogP contribution in [-0.4, -0.2) is 5.11 Å². The molecular weight excluding hydrogens is 198 g/mol. The third-order valence-electron chi connectivity index (χ3n) is 2.61. The summed E-state index contributed by atoms with van der Waals surface area (Å²) in [6.45, 7) is 4.21. The molecule has 3 N–H and O–H groups in total. The van der Waals surface area contributed by atoms with Gasteiger partial charge in [-0.25, -0.2) is 0 Å². The highest BCUT2D eigenvalue weighted by molar-refractivity contribution is 6.32. The van der Waals surface area contributed by atoms with Gasteiger partial charge in [0.2, 0.25) is 0 Å². The fraction of sp³-hybridized carbons (Fsp3) is 0.455. The van der Waals surface area contributed by atoms with Crippen LogP contribution in [0.4, 0.5) is 0 Å². The number of nitrogens with two attached hydrogens (primary N) is 1. The van der Waals surface area contributed by atoms with Gasteiger partial charge in [-0.3, -0.25) is 0 Å². The number of halogens is 1. The minimum Gasteiger partial charge on any atom is -0.506 e. The zero-order valence-corrected chi connectivity index (χ0v) is 9.25. The van der Waals surface area contributed by atoms with E-state index in [0.29, 0.717) is 10.9 Å². The first-order valence-corrected chi connectivity index (χ1v) is 5.18. The summed E-state index contributed by atoms with van der Waals surface area (Å²) >= 11 is 5.80. The summed E-state index contributed by atoms with van der Waals surface area (Å²) in [7, 11) is 0. The molecular formula is C11H16ClNO. The second-order valence-corrected chi connectivity index (χ2v) is 4.03. The third kappa shape index (κ3) is 2.40. The van der Waals surface area contributed by atoms with Crippen LogP contribution in [0.2, 0.25) is 5.02 Å². The second-order valence-electron chi connectivity index (χ2n) is 3.62. The summed E-state index contributed by atoms with van der Waals surface area (Å²) < 4.78 is 0. The molecule has 0 saturated carbocycles. The predicted molar refractivity (Wildman–Crippen MR) is 59.5 cm³/mol. The molecule has 0 saturated heterocycles. The Balaban J connectivity index is 2.91. The molecule has 0 aliphatic heterocycles. The van der Waals surface area contributed by atoms with Crippen molar-refractivity contribution < 1.29 is 5.11 Å². The predicted octanol–water partition coefficient (Wildman–Crippen LogP) is 3.09. The van der Waals surface area contributed by atoms with Gasteiger partial charge in [0, 0.05) is 6.04 Å². The Morgan fingerprint density at radius 3 is 2.64 bits per heavy atom. The maximum Gasteiger partial charge on any atom is 0.134 e. The summed E-state index contributed by atoms with van der Waals surface area (Å²) in [4.78, 5) is 0. The number of hydrogen-bond donors (Lipinski definition) is 2. The SMILES string of the molecule is CCC(C)[C@@H](N)c1ccc(O)c(Cl)c1. The van der Waals surface area contributed by atoms with Gasteiger partial charge in [-0.15, -0.1) is 0 Å². The van der Waals surface area contributed by atoms with Crippen LogP contribution in [0, 0.1) is 5.92 Å². The fourth-order valence-electron chi connectivity index (χ4n) is 1.31. The molecule has 0 heterocycles. The van der Waals surface area contributed by atoms with Crippen molar-refractivity contribution in [3.63, 3.8) is 0 Å². The second kappa shape index (κ2) is 4.67. The number of phenols is 1. The average Bonchev–Trinajstić information content (AvgIpc) is 2.20. The van der Waals surface area contributed by atoms with E-state index in [0.717, 1.165) is 12.0 Å². The van der Waals surface area contributed by atoms with E-state index in [9.17, 15) is 5.11 Å². The van der Waals surface area contributed by atoms with Crippen LogP contribution < -0.4 is 5.73 Å². The third-order valence-corrected chi connectivity index (χ3v) is 2.92. The molecule has 78 valence electrons. The van der Waals surface area contributed by atoms with E-state index in [2.05, 4.69) is 13.8 Å². The highest BCUT2D eigenvalue weighted by Crippen LogP contribution is 2.29. The van der Waals surface area contributed by atoms with Crippen LogP contribution in [0.3, 0.4) is 0 Å². The van der Waals surface area contributed by atoms with E-state index in [1.165, 1.54) is 0 Å². The number of rotatable bonds is 3. The Labute approximate surface area is 89.7 Å². The molecule has 0 bridgehead atoms. The lowest BCUT2D eigenvalue weighted by Gasteiger charge is -2.18. The van der Waals surface area contributed by atoms with Gasteiger partial charge >= 0.3 is 0 Å². The minimum absolute atomic E-state index is 0.0156. The topological polar surface area (TPSA) is 46.2 Å². The molecule has 0 aliphatic carbocycles. The highest BCUT2D eigenvalue weighted by Gasteiger charge is 2.13. The molecule has 0 aromatic heterocycles. The monoisotopic (exact) mass is 213 g/mol. The van der Waals surface area contributed by atoms with E-state index in [1.807, 2.05) is 6.07 Å². The summed E-state index contributed by atoms with van der Waals surface area (Å²) in [6, 6.07) is 5.11. The molecule has 0 aliphatic rings. The van der Waals surface area contributed by atoms with Crippen molar-refractivity contribution in [3.05, 3.63) is 28.8 Å². The van der Waals surface area contributed by atoms with Gasteiger partial charge in [0.25, 0.3) is 0 Å². The van der Waals surface area contributed by atoms with Gasteiger partial charge in [-0.1, -0.05) is 37.9 Å². The van der Waals surface area contributed by atoms with Crippen molar-refractivity contribution in [2.75, 3.05) is 0 Å². The summed E-state index contributed by atoms with van der Waals surface area (Å²) in [5.41, 5.74) is 7.00. The normalized spacial score (nSPS) is 15.1. The Kier molecular flexibility index (Phi) is 3.78. The van der Waals surface area contributed by atoms with Gasteiger partial charge in [0.15, 0.2) is 0 Å². The first-order valence-electron chi connectivity index (χ1n) is 4.80. The maximum atomic E-state index is 9.25. The standard InChI is InChI=1S/C11H16ClNO/c1-3-7(2)11(13)8-4-5-10(14)9(12)6-8/h4-7,11,14H,3,13H2,1-2H3/t7?,11-/m1/s1. The molecule has 0 amide bonds. The highest BCUT2D eigenvalue weighted by atomic mass is 35.5. The van der Waals surface area contributed by atoms with Crippen LogP contribution in [-0.2, 0) is 0 Å². The van der Waals surface area contributed by atoms with Crippen molar-refractivity contribution in [1.82, 2.24) is 0 Å². The number of hydrogen-bond acceptors (Lipinski definition) is 2. The molecule has 0 radical (unpaired) electrons. The maximum absolute atomic E-state index is 9.25. The van der Waals surface area contributed by atoms with Gasteiger partial charge in [-0.2, -0.15) is 0 Å². The lowest BCUT2D eigenvalue weighted by Crippen LogP contribution is -2.18. The van der Waals surface area contributed by atoms with E-state index in [1.54, 1.807) is 12.1 Å². The van der Waals surface area contributed by atoms with E-state index in [4.69, 9.17) is 17.3 Å². The molecule has 14 heavy (non-hydrogen) atoms. The van der Waals surface area contributed by atoms with E-state index in [-0.39, 0.29) is 11.8 Å². The minimum atomic E-state index is -0.0156. The van der Waals surface area contributed by atoms with Crippen LogP contribution in [0.1, 0.15) is 31.9 Å².